The van der Waals surface area contributed by atoms with Crippen LogP contribution in [0, 0.1) is 0 Å². The van der Waals surface area contributed by atoms with E-state index in [-0.39, 0.29) is 6.04 Å². The number of hydrogen-bond donors (Lipinski definition) is 1. The molecule has 0 saturated carbocycles. The van der Waals surface area contributed by atoms with Gasteiger partial charge >= 0.3 is 0 Å². The van der Waals surface area contributed by atoms with Crippen LogP contribution in [0.2, 0.25) is 5.22 Å². The second kappa shape index (κ2) is 6.24. The molecule has 0 aliphatic rings. The zero-order valence-electron chi connectivity index (χ0n) is 9.78. The van der Waals surface area contributed by atoms with Crippen LogP contribution in [0.4, 0.5) is 0 Å². The molecule has 2 heterocycles. The van der Waals surface area contributed by atoms with Crippen LogP contribution in [-0.4, -0.2) is 6.54 Å². The zero-order valence-corrected chi connectivity index (χ0v) is 11.4. The number of aryl methyl sites for hydroxylation is 1. The van der Waals surface area contributed by atoms with Gasteiger partial charge in [-0.1, -0.05) is 6.92 Å². The Bertz CT molecular complexity index is 438. The molecule has 0 aliphatic carbocycles. The first-order chi connectivity index (χ1) is 8.31. The van der Waals surface area contributed by atoms with E-state index in [1.54, 1.807) is 17.6 Å². The van der Waals surface area contributed by atoms with Crippen LogP contribution >= 0.6 is 22.9 Å². The Morgan fingerprint density at radius 3 is 2.94 bits per heavy atom. The number of halogens is 1. The number of furan rings is 1. The van der Waals surface area contributed by atoms with Crippen LogP contribution in [0.15, 0.2) is 33.6 Å². The largest absolute Gasteiger partial charge is 0.453 e. The second-order valence-electron chi connectivity index (χ2n) is 3.93. The smallest absolute Gasteiger partial charge is 0.197 e. The Morgan fingerprint density at radius 2 is 2.35 bits per heavy atom. The van der Waals surface area contributed by atoms with Gasteiger partial charge in [-0.15, -0.1) is 0 Å². The van der Waals surface area contributed by atoms with Crippen molar-refractivity contribution in [2.75, 3.05) is 6.54 Å². The molecular weight excluding hydrogens is 254 g/mol. The number of thiophene rings is 1. The minimum Gasteiger partial charge on any atom is -0.453 e. The molecule has 17 heavy (non-hydrogen) atoms. The Kier molecular flexibility index (Phi) is 4.66. The zero-order chi connectivity index (χ0) is 12.1. The van der Waals surface area contributed by atoms with E-state index in [1.165, 1.54) is 5.56 Å². The van der Waals surface area contributed by atoms with Crippen molar-refractivity contribution < 1.29 is 4.42 Å². The van der Waals surface area contributed by atoms with Crippen molar-refractivity contribution >= 4 is 22.9 Å². The topological polar surface area (TPSA) is 25.2 Å². The van der Waals surface area contributed by atoms with Crippen molar-refractivity contribution in [1.82, 2.24) is 5.32 Å². The molecule has 0 aromatic carbocycles. The summed E-state index contributed by atoms with van der Waals surface area (Å²) in [7, 11) is 0. The fraction of sp³-hybridized carbons (Fsp3) is 0.385. The minimum absolute atomic E-state index is 0.270. The molecule has 2 aromatic rings. The SMILES string of the molecule is CCNC(CCc1ccsc1)c1ccoc1Cl. The van der Waals surface area contributed by atoms with Crippen LogP contribution in [0.25, 0.3) is 0 Å². The predicted molar refractivity (Wildman–Crippen MR) is 72.8 cm³/mol. The van der Waals surface area contributed by atoms with E-state index in [2.05, 4.69) is 29.1 Å². The lowest BCUT2D eigenvalue weighted by Crippen LogP contribution is -2.21. The third kappa shape index (κ3) is 3.35. The molecule has 2 aromatic heterocycles. The van der Waals surface area contributed by atoms with Gasteiger partial charge in [-0.2, -0.15) is 11.3 Å². The van der Waals surface area contributed by atoms with E-state index in [0.29, 0.717) is 5.22 Å². The monoisotopic (exact) mass is 269 g/mol. The van der Waals surface area contributed by atoms with E-state index in [0.717, 1.165) is 24.9 Å². The van der Waals surface area contributed by atoms with Gasteiger partial charge in [0.1, 0.15) is 0 Å². The van der Waals surface area contributed by atoms with Crippen LogP contribution in [0.1, 0.15) is 30.5 Å². The fourth-order valence-electron chi connectivity index (χ4n) is 1.91. The molecular formula is C13H16ClNOS. The highest BCUT2D eigenvalue weighted by Gasteiger charge is 2.15. The highest BCUT2D eigenvalue weighted by Crippen LogP contribution is 2.27. The quantitative estimate of drug-likeness (QED) is 0.847. The fourth-order valence-corrected chi connectivity index (χ4v) is 2.86. The molecule has 0 fully saturated rings. The molecule has 0 saturated heterocycles. The van der Waals surface area contributed by atoms with Crippen LogP contribution < -0.4 is 5.32 Å². The van der Waals surface area contributed by atoms with E-state index in [1.807, 2.05) is 6.07 Å². The van der Waals surface area contributed by atoms with Gasteiger partial charge in [-0.25, -0.2) is 0 Å². The van der Waals surface area contributed by atoms with Gasteiger partial charge in [0.15, 0.2) is 5.22 Å². The van der Waals surface area contributed by atoms with Crippen LogP contribution in [0.3, 0.4) is 0 Å². The average Bonchev–Trinajstić information content (AvgIpc) is 2.95. The van der Waals surface area contributed by atoms with Gasteiger partial charge in [0.05, 0.1) is 6.26 Å². The molecule has 1 unspecified atom stereocenters. The normalized spacial score (nSPS) is 12.8. The second-order valence-corrected chi connectivity index (χ2v) is 5.05. The van der Waals surface area contributed by atoms with Crippen molar-refractivity contribution in [1.29, 1.82) is 0 Å². The highest BCUT2D eigenvalue weighted by atomic mass is 35.5. The summed E-state index contributed by atoms with van der Waals surface area (Å²) in [6.45, 7) is 3.03. The van der Waals surface area contributed by atoms with E-state index in [4.69, 9.17) is 16.0 Å². The summed E-state index contributed by atoms with van der Waals surface area (Å²) < 4.78 is 5.16. The van der Waals surface area contributed by atoms with Gasteiger partial charge in [-0.3, -0.25) is 0 Å². The number of hydrogen-bond acceptors (Lipinski definition) is 3. The standard InChI is InChI=1S/C13H16ClNOS/c1-2-15-12(11-5-7-16-13(11)14)4-3-10-6-8-17-9-10/h5-9,12,15H,2-4H2,1H3. The molecule has 0 radical (unpaired) electrons. The molecule has 1 N–H and O–H groups in total. The van der Waals surface area contributed by atoms with Crippen molar-refractivity contribution in [3.8, 4) is 0 Å². The Hall–Kier alpha value is -0.770. The van der Waals surface area contributed by atoms with Gasteiger partial charge in [-0.05, 0) is 59.4 Å². The summed E-state index contributed by atoms with van der Waals surface area (Å²) in [6, 6.07) is 4.39. The van der Waals surface area contributed by atoms with Crippen LogP contribution in [-0.2, 0) is 6.42 Å². The van der Waals surface area contributed by atoms with Crippen molar-refractivity contribution in [2.24, 2.45) is 0 Å². The van der Waals surface area contributed by atoms with E-state index >= 15 is 0 Å². The molecule has 2 rings (SSSR count). The van der Waals surface area contributed by atoms with Crippen LogP contribution in [0.5, 0.6) is 0 Å². The lowest BCUT2D eigenvalue weighted by atomic mass is 10.0. The molecule has 2 nitrogen and oxygen atoms in total. The first kappa shape index (κ1) is 12.7. The third-order valence-electron chi connectivity index (χ3n) is 2.77. The number of nitrogens with one attached hydrogen (secondary N) is 1. The third-order valence-corrected chi connectivity index (χ3v) is 3.81. The lowest BCUT2D eigenvalue weighted by molar-refractivity contribution is 0.502. The summed E-state index contributed by atoms with van der Waals surface area (Å²) in [5.41, 5.74) is 2.45. The van der Waals surface area contributed by atoms with Gasteiger partial charge in [0.25, 0.3) is 0 Å². The molecule has 4 heteroatoms. The molecule has 0 aliphatic heterocycles. The van der Waals surface area contributed by atoms with Crippen molar-refractivity contribution in [2.45, 2.75) is 25.8 Å². The molecule has 0 amide bonds. The number of rotatable bonds is 6. The predicted octanol–water partition coefficient (Wildman–Crippen LogP) is 4.28. The Balaban J connectivity index is 2.00. The molecule has 0 spiro atoms. The average molecular weight is 270 g/mol. The maximum atomic E-state index is 6.03. The van der Waals surface area contributed by atoms with Gasteiger partial charge in [0.2, 0.25) is 0 Å². The Labute approximate surface area is 111 Å². The highest BCUT2D eigenvalue weighted by molar-refractivity contribution is 7.07. The molecule has 92 valence electrons. The first-order valence-electron chi connectivity index (χ1n) is 5.78. The van der Waals surface area contributed by atoms with Gasteiger partial charge < -0.3 is 9.73 Å². The first-order valence-corrected chi connectivity index (χ1v) is 7.10. The van der Waals surface area contributed by atoms with E-state index < -0.39 is 0 Å². The summed E-state index contributed by atoms with van der Waals surface area (Å²) in [6.07, 6.45) is 3.74. The summed E-state index contributed by atoms with van der Waals surface area (Å²) in [5.74, 6) is 0. The minimum atomic E-state index is 0.270. The molecule has 1 atom stereocenters. The van der Waals surface area contributed by atoms with Gasteiger partial charge in [0, 0.05) is 11.6 Å². The lowest BCUT2D eigenvalue weighted by Gasteiger charge is -2.16. The Morgan fingerprint density at radius 1 is 1.47 bits per heavy atom. The maximum Gasteiger partial charge on any atom is 0.197 e. The molecule has 0 bridgehead atoms. The van der Waals surface area contributed by atoms with E-state index in [9.17, 15) is 0 Å². The summed E-state index contributed by atoms with van der Waals surface area (Å²) in [4.78, 5) is 0. The maximum absolute atomic E-state index is 6.03. The van der Waals surface area contributed by atoms with Crippen molar-refractivity contribution in [3.63, 3.8) is 0 Å². The summed E-state index contributed by atoms with van der Waals surface area (Å²) >= 11 is 7.77. The van der Waals surface area contributed by atoms with Crippen molar-refractivity contribution in [3.05, 3.63) is 45.5 Å². The summed E-state index contributed by atoms with van der Waals surface area (Å²) in [5, 5.41) is 8.26.